The maximum Gasteiger partial charge on any atom is 0.274 e. The summed E-state index contributed by atoms with van der Waals surface area (Å²) in [5.74, 6) is -2.45. The van der Waals surface area contributed by atoms with Crippen LogP contribution in [0, 0.1) is 10.1 Å². The van der Waals surface area contributed by atoms with Crippen LogP contribution in [0.25, 0.3) is 0 Å². The number of hydrogen-bond acceptors (Lipinski definition) is 6. The molecule has 0 aliphatic heterocycles. The van der Waals surface area contributed by atoms with Crippen LogP contribution in [0.3, 0.4) is 0 Å². The summed E-state index contributed by atoms with van der Waals surface area (Å²) in [6, 6.07) is 3.34. The number of primary amides is 2. The molecule has 0 spiro atoms. The predicted octanol–water partition coefficient (Wildman–Crippen LogP) is 0.165. The third-order valence-electron chi connectivity index (χ3n) is 2.92. The number of nitrogens with zero attached hydrogens (tertiary/aromatic N) is 1. The minimum absolute atomic E-state index is 0.0717. The van der Waals surface area contributed by atoms with Gasteiger partial charge in [-0.2, -0.15) is 0 Å². The normalized spacial score (nSPS) is 12.1. The Morgan fingerprint density at radius 3 is 2.04 bits per heavy atom. The van der Waals surface area contributed by atoms with Crippen molar-refractivity contribution in [2.75, 3.05) is 6.26 Å². The zero-order valence-corrected chi connectivity index (χ0v) is 13.4. The van der Waals surface area contributed by atoms with Crippen LogP contribution in [0.1, 0.15) is 11.5 Å². The van der Waals surface area contributed by atoms with E-state index in [0.717, 1.165) is 24.5 Å². The van der Waals surface area contributed by atoms with Gasteiger partial charge in [0.1, 0.15) is 0 Å². The third-order valence-corrected chi connectivity index (χ3v) is 4.03. The number of amides is 2. The van der Waals surface area contributed by atoms with Crippen molar-refractivity contribution in [3.05, 3.63) is 58.2 Å². The van der Waals surface area contributed by atoms with Crippen molar-refractivity contribution in [2.45, 2.75) is 10.8 Å². The summed E-state index contributed by atoms with van der Waals surface area (Å²) in [6.07, 6.45) is 5.35. The molecule has 24 heavy (non-hydrogen) atoms. The van der Waals surface area contributed by atoms with Gasteiger partial charge in [0.05, 0.1) is 9.82 Å². The number of sulfone groups is 1. The first-order valence-electron chi connectivity index (χ1n) is 6.46. The van der Waals surface area contributed by atoms with Gasteiger partial charge in [-0.25, -0.2) is 8.42 Å². The first-order valence-corrected chi connectivity index (χ1v) is 8.35. The zero-order chi connectivity index (χ0) is 18.5. The lowest BCUT2D eigenvalue weighted by atomic mass is 9.96. The maximum absolute atomic E-state index is 11.5. The smallest absolute Gasteiger partial charge is 0.274 e. The topological polar surface area (TPSA) is 163 Å². The van der Waals surface area contributed by atoms with Crippen molar-refractivity contribution in [3.8, 4) is 0 Å². The predicted molar refractivity (Wildman–Crippen MR) is 85.6 cm³/mol. The molecule has 1 rings (SSSR count). The van der Waals surface area contributed by atoms with E-state index in [1.54, 1.807) is 0 Å². The van der Waals surface area contributed by atoms with E-state index in [1.165, 1.54) is 24.3 Å². The summed E-state index contributed by atoms with van der Waals surface area (Å²) in [5, 5.41) is 11.3. The molecule has 0 heterocycles. The Morgan fingerprint density at radius 2 is 1.67 bits per heavy atom. The van der Waals surface area contributed by atoms with Gasteiger partial charge in [-0.05, 0) is 24.3 Å². The molecule has 0 aromatic heterocycles. The standard InChI is InChI=1S/C14H15N3O6S/c1-24(22,23)10-4-5-11(12(8-10)17(20)21)9(2-6-13(15)18)3-7-14(16)19/h2-9H,1H3,(H2,15,18)(H2,16,19)/b6-2+,7-3+. The molecule has 1 aromatic rings. The van der Waals surface area contributed by atoms with E-state index in [1.807, 2.05) is 0 Å². The largest absolute Gasteiger partial charge is 0.366 e. The minimum Gasteiger partial charge on any atom is -0.366 e. The highest BCUT2D eigenvalue weighted by atomic mass is 32.2. The third kappa shape index (κ3) is 5.32. The SMILES string of the molecule is CS(=O)(=O)c1ccc(C(/C=C/C(N)=O)/C=C/C(N)=O)c([N+](=O)[O-])c1. The van der Waals surface area contributed by atoms with Gasteiger partial charge in [-0.1, -0.05) is 12.2 Å². The Balaban J connectivity index is 3.53. The van der Waals surface area contributed by atoms with Gasteiger partial charge in [-0.15, -0.1) is 0 Å². The number of nitrogens with two attached hydrogens (primary N) is 2. The summed E-state index contributed by atoms with van der Waals surface area (Å²) in [6.45, 7) is 0. The van der Waals surface area contributed by atoms with Gasteiger partial charge >= 0.3 is 0 Å². The highest BCUT2D eigenvalue weighted by molar-refractivity contribution is 7.90. The van der Waals surface area contributed by atoms with Gasteiger partial charge in [0.15, 0.2) is 9.84 Å². The number of nitro groups is 1. The number of benzene rings is 1. The summed E-state index contributed by atoms with van der Waals surface area (Å²) in [4.78, 5) is 32.0. The van der Waals surface area contributed by atoms with E-state index in [4.69, 9.17) is 11.5 Å². The number of rotatable bonds is 7. The lowest BCUT2D eigenvalue weighted by Crippen LogP contribution is -2.09. The Kier molecular flexibility index (Phi) is 5.95. The summed E-state index contributed by atoms with van der Waals surface area (Å²) < 4.78 is 23.1. The number of nitro benzene ring substituents is 1. The second kappa shape index (κ2) is 7.51. The number of carbonyl (C=O) groups is 2. The Morgan fingerprint density at radius 1 is 1.17 bits per heavy atom. The quantitative estimate of drug-likeness (QED) is 0.403. The van der Waals surface area contributed by atoms with E-state index in [2.05, 4.69) is 0 Å². The monoisotopic (exact) mass is 353 g/mol. The molecule has 4 N–H and O–H groups in total. The molecule has 9 nitrogen and oxygen atoms in total. The number of allylic oxidation sites excluding steroid dienone is 2. The van der Waals surface area contributed by atoms with Gasteiger partial charge in [0.2, 0.25) is 11.8 Å². The molecule has 0 aliphatic carbocycles. The van der Waals surface area contributed by atoms with E-state index < -0.39 is 38.2 Å². The second-order valence-electron chi connectivity index (χ2n) is 4.80. The molecule has 0 unspecified atom stereocenters. The minimum atomic E-state index is -3.64. The number of hydrogen-bond donors (Lipinski definition) is 2. The van der Waals surface area contributed by atoms with Crippen LogP contribution in [0.2, 0.25) is 0 Å². The van der Waals surface area contributed by atoms with Crippen molar-refractivity contribution >= 4 is 27.3 Å². The molecule has 0 saturated heterocycles. The summed E-state index contributed by atoms with van der Waals surface area (Å²) in [7, 11) is -3.64. The van der Waals surface area contributed by atoms with Crippen LogP contribution in [-0.2, 0) is 19.4 Å². The van der Waals surface area contributed by atoms with E-state index in [0.29, 0.717) is 0 Å². The molecule has 2 amide bonds. The van der Waals surface area contributed by atoms with Crippen molar-refractivity contribution in [3.63, 3.8) is 0 Å². The van der Waals surface area contributed by atoms with Crippen molar-refractivity contribution < 1.29 is 22.9 Å². The Hall–Kier alpha value is -3.01. The van der Waals surface area contributed by atoms with Gasteiger partial charge in [-0.3, -0.25) is 19.7 Å². The molecule has 0 fully saturated rings. The second-order valence-corrected chi connectivity index (χ2v) is 6.81. The van der Waals surface area contributed by atoms with Crippen LogP contribution in [0.15, 0.2) is 47.4 Å². The van der Waals surface area contributed by atoms with E-state index in [-0.39, 0.29) is 10.5 Å². The molecule has 0 saturated carbocycles. The molecular weight excluding hydrogens is 338 g/mol. The van der Waals surface area contributed by atoms with Crippen LogP contribution in [-0.4, -0.2) is 31.4 Å². The molecule has 0 bridgehead atoms. The van der Waals surface area contributed by atoms with Crippen LogP contribution < -0.4 is 11.5 Å². The average molecular weight is 353 g/mol. The van der Waals surface area contributed by atoms with Crippen molar-refractivity contribution in [2.24, 2.45) is 11.5 Å². The summed E-state index contributed by atoms with van der Waals surface area (Å²) in [5.41, 5.74) is 9.59. The lowest BCUT2D eigenvalue weighted by molar-refractivity contribution is -0.385. The van der Waals surface area contributed by atoms with Crippen molar-refractivity contribution in [1.82, 2.24) is 0 Å². The van der Waals surface area contributed by atoms with Crippen LogP contribution >= 0.6 is 0 Å². The molecule has 1 aromatic carbocycles. The summed E-state index contributed by atoms with van der Waals surface area (Å²) >= 11 is 0. The van der Waals surface area contributed by atoms with Crippen molar-refractivity contribution in [1.29, 1.82) is 0 Å². The number of carbonyl (C=O) groups excluding carboxylic acids is 2. The molecule has 0 radical (unpaired) electrons. The molecule has 0 atom stereocenters. The van der Waals surface area contributed by atoms with E-state index >= 15 is 0 Å². The fourth-order valence-corrected chi connectivity index (χ4v) is 2.50. The van der Waals surface area contributed by atoms with E-state index in [9.17, 15) is 28.1 Å². The first-order chi connectivity index (χ1) is 11.0. The van der Waals surface area contributed by atoms with Crippen LogP contribution in [0.5, 0.6) is 0 Å². The molecule has 10 heteroatoms. The molecule has 128 valence electrons. The Labute approximate surface area is 137 Å². The average Bonchev–Trinajstić information content (AvgIpc) is 2.45. The fourth-order valence-electron chi connectivity index (χ4n) is 1.86. The van der Waals surface area contributed by atoms with Gasteiger partial charge in [0, 0.05) is 23.8 Å². The maximum atomic E-state index is 11.5. The highest BCUT2D eigenvalue weighted by Crippen LogP contribution is 2.31. The lowest BCUT2D eigenvalue weighted by Gasteiger charge is -2.10. The van der Waals surface area contributed by atoms with Crippen LogP contribution in [0.4, 0.5) is 5.69 Å². The highest BCUT2D eigenvalue weighted by Gasteiger charge is 2.22. The van der Waals surface area contributed by atoms with Gasteiger partial charge < -0.3 is 11.5 Å². The Bertz CT molecular complexity index is 818. The first kappa shape index (κ1) is 19.0. The fraction of sp³-hybridized carbons (Fsp3) is 0.143. The van der Waals surface area contributed by atoms with Gasteiger partial charge in [0.25, 0.3) is 5.69 Å². The molecule has 0 aliphatic rings. The molecular formula is C14H15N3O6S. The zero-order valence-electron chi connectivity index (χ0n) is 12.6.